The van der Waals surface area contributed by atoms with E-state index in [0.717, 1.165) is 44.4 Å². The van der Waals surface area contributed by atoms with Crippen LogP contribution in [0.1, 0.15) is 66.6 Å². The number of benzene rings is 3. The van der Waals surface area contributed by atoms with Crippen molar-refractivity contribution in [2.45, 2.75) is 59.7 Å². The topological polar surface area (TPSA) is 122 Å². The van der Waals surface area contributed by atoms with Gasteiger partial charge < -0.3 is 33.0 Å². The van der Waals surface area contributed by atoms with Gasteiger partial charge in [-0.15, -0.1) is 0 Å². The summed E-state index contributed by atoms with van der Waals surface area (Å²) < 4.78 is 26.1. The first-order valence-electron chi connectivity index (χ1n) is 18.4. The van der Waals surface area contributed by atoms with Crippen LogP contribution < -0.4 is 18.9 Å². The van der Waals surface area contributed by atoms with E-state index in [1.165, 1.54) is 4.90 Å². The number of hydrogen-bond donors (Lipinski definition) is 0. The first-order valence-corrected chi connectivity index (χ1v) is 18.4. The Labute approximate surface area is 318 Å². The summed E-state index contributed by atoms with van der Waals surface area (Å²) in [6.45, 7) is 8.24. The summed E-state index contributed by atoms with van der Waals surface area (Å²) in [5, 5.41) is 0. The van der Waals surface area contributed by atoms with Crippen molar-refractivity contribution in [1.82, 2.24) is 18.9 Å². The fourth-order valence-corrected chi connectivity index (χ4v) is 7.81. The summed E-state index contributed by atoms with van der Waals surface area (Å²) in [5.41, 5.74) is 7.10. The summed E-state index contributed by atoms with van der Waals surface area (Å²) in [4.78, 5) is 58.5. The first-order chi connectivity index (χ1) is 26.5. The second kappa shape index (κ2) is 14.5. The van der Waals surface area contributed by atoms with E-state index >= 15 is 0 Å². The van der Waals surface area contributed by atoms with Crippen LogP contribution in [0.4, 0.5) is 4.79 Å². The molecule has 3 aliphatic rings. The van der Waals surface area contributed by atoms with E-state index in [1.807, 2.05) is 110 Å². The summed E-state index contributed by atoms with van der Waals surface area (Å²) in [5.74, 6) is 1.64. The zero-order chi connectivity index (χ0) is 38.4. The maximum absolute atomic E-state index is 14.1. The van der Waals surface area contributed by atoms with Crippen molar-refractivity contribution in [2.75, 3.05) is 26.7 Å². The number of rotatable bonds is 13. The third kappa shape index (κ3) is 6.84. The monoisotopic (exact) mass is 742 g/mol. The normalized spacial score (nSPS) is 15.7. The van der Waals surface area contributed by atoms with Crippen molar-refractivity contribution in [3.8, 4) is 23.0 Å². The van der Waals surface area contributed by atoms with Gasteiger partial charge in [-0.25, -0.2) is 4.79 Å². The number of carbonyl (C=O) groups is 4. The van der Waals surface area contributed by atoms with Crippen LogP contribution in [0, 0.1) is 27.7 Å². The predicted octanol–water partition coefficient (Wildman–Crippen LogP) is 6.41. The third-order valence-electron chi connectivity index (χ3n) is 10.9. The highest BCUT2D eigenvalue weighted by atomic mass is 16.7. The molecule has 12 heteroatoms. The Morgan fingerprint density at radius 2 is 1.13 bits per heavy atom. The number of carbonyl (C=O) groups excluding carboxylic acids is 4. The molecule has 282 valence electrons. The molecule has 3 aromatic carbocycles. The van der Waals surface area contributed by atoms with Crippen LogP contribution in [0.3, 0.4) is 0 Å². The molecule has 0 aliphatic carbocycles. The van der Waals surface area contributed by atoms with Crippen LogP contribution in [-0.2, 0) is 24.3 Å². The lowest BCUT2D eigenvalue weighted by Crippen LogP contribution is -2.40. The largest absolute Gasteiger partial charge is 0.454 e. The molecule has 0 unspecified atom stereocenters. The molecule has 1 saturated heterocycles. The van der Waals surface area contributed by atoms with Crippen LogP contribution in [0.2, 0.25) is 0 Å². The molecule has 0 saturated carbocycles. The Morgan fingerprint density at radius 1 is 0.618 bits per heavy atom. The number of amides is 3. The zero-order valence-electron chi connectivity index (χ0n) is 31.3. The molecular formula is C43H42N4O8. The van der Waals surface area contributed by atoms with Gasteiger partial charge in [0.2, 0.25) is 13.6 Å². The van der Waals surface area contributed by atoms with Crippen LogP contribution in [0.5, 0.6) is 23.0 Å². The van der Waals surface area contributed by atoms with Crippen molar-refractivity contribution >= 4 is 23.5 Å². The molecule has 1 atom stereocenters. The zero-order valence-corrected chi connectivity index (χ0v) is 31.3. The Balaban J connectivity index is 1.01. The van der Waals surface area contributed by atoms with Crippen LogP contribution in [-0.4, -0.2) is 75.2 Å². The third-order valence-corrected chi connectivity index (χ3v) is 10.9. The molecule has 0 radical (unpaired) electrons. The number of ether oxygens (including phenoxy) is 4. The van der Waals surface area contributed by atoms with Gasteiger partial charge in [0, 0.05) is 47.0 Å². The summed E-state index contributed by atoms with van der Waals surface area (Å²) in [7, 11) is 0. The summed E-state index contributed by atoms with van der Waals surface area (Å²) >= 11 is 0. The molecule has 12 nitrogen and oxygen atoms in total. The molecule has 5 aromatic rings. The Kier molecular flexibility index (Phi) is 9.42. The molecule has 55 heavy (non-hydrogen) atoms. The maximum atomic E-state index is 14.1. The number of nitrogens with zero attached hydrogens (tertiary/aromatic N) is 4. The van der Waals surface area contributed by atoms with Gasteiger partial charge in [0.15, 0.2) is 34.6 Å². The molecule has 1 fully saturated rings. The van der Waals surface area contributed by atoms with E-state index in [4.69, 9.17) is 18.9 Å². The molecular weight excluding hydrogens is 700 g/mol. The Morgan fingerprint density at radius 3 is 1.67 bits per heavy atom. The quantitative estimate of drug-likeness (QED) is 0.100. The Hall–Kier alpha value is -6.30. The lowest BCUT2D eigenvalue weighted by Gasteiger charge is -2.21. The van der Waals surface area contributed by atoms with E-state index in [0.29, 0.717) is 60.1 Å². The number of Topliss-reactive ketones (excluding diaryl/α,β-unsaturated/α-hetero) is 2. The minimum absolute atomic E-state index is 0.182. The highest BCUT2D eigenvalue weighted by Gasteiger charge is 2.46. The fraction of sp³-hybridized carbons (Fsp3) is 0.302. The highest BCUT2D eigenvalue weighted by Crippen LogP contribution is 2.35. The smallest absolute Gasteiger partial charge is 0.328 e. The van der Waals surface area contributed by atoms with E-state index in [9.17, 15) is 19.2 Å². The van der Waals surface area contributed by atoms with Gasteiger partial charge in [-0.1, -0.05) is 42.5 Å². The predicted molar refractivity (Wildman–Crippen MR) is 202 cm³/mol. The molecule has 0 spiro atoms. The highest BCUT2D eigenvalue weighted by molar-refractivity contribution is 6.11. The minimum Gasteiger partial charge on any atom is -0.454 e. The standard InChI is InChI=1S/C43H42N4O8/c1-26-16-33(28(3)44(26)20-31-11-14-38-40(18-31)54-24-52-38)36(48)22-46-35(13-10-30-8-6-5-7-9-30)42(50)47(43(46)51)23-37(49)34-17-27(2)45(29(34)4)21-32-12-15-39-41(19-32)55-25-53-39/h5-9,11-12,14-19,35H,10,13,20-25H2,1-4H3/t35-/m0/s1. The lowest BCUT2D eigenvalue weighted by molar-refractivity contribution is -0.128. The van der Waals surface area contributed by atoms with Crippen LogP contribution >= 0.6 is 0 Å². The Bertz CT molecular complexity index is 2340. The number of urea groups is 1. The number of fused-ring (bicyclic) bond motifs is 2. The van der Waals surface area contributed by atoms with Gasteiger partial charge in [-0.3, -0.25) is 19.3 Å². The number of ketones is 2. The van der Waals surface area contributed by atoms with E-state index in [-0.39, 0.29) is 31.7 Å². The molecule has 3 aliphatic heterocycles. The first kappa shape index (κ1) is 35.7. The minimum atomic E-state index is -0.903. The molecule has 0 bridgehead atoms. The van der Waals surface area contributed by atoms with Gasteiger partial charge in [0.05, 0.1) is 13.1 Å². The number of hydrogen-bond acceptors (Lipinski definition) is 8. The van der Waals surface area contributed by atoms with Gasteiger partial charge in [-0.05, 0) is 93.6 Å². The number of aryl methyl sites for hydroxylation is 3. The second-order valence-corrected chi connectivity index (χ2v) is 14.3. The van der Waals surface area contributed by atoms with Crippen LogP contribution in [0.15, 0.2) is 78.9 Å². The molecule has 8 rings (SSSR count). The van der Waals surface area contributed by atoms with Crippen molar-refractivity contribution < 1.29 is 38.1 Å². The van der Waals surface area contributed by atoms with Gasteiger partial charge in [0.25, 0.3) is 5.91 Å². The van der Waals surface area contributed by atoms with Crippen molar-refractivity contribution in [1.29, 1.82) is 0 Å². The van der Waals surface area contributed by atoms with Gasteiger partial charge >= 0.3 is 6.03 Å². The second-order valence-electron chi connectivity index (χ2n) is 14.3. The average Bonchev–Trinajstić information content (AvgIpc) is 4.00. The van der Waals surface area contributed by atoms with Gasteiger partial charge in [0.1, 0.15) is 6.04 Å². The molecule has 0 N–H and O–H groups in total. The van der Waals surface area contributed by atoms with Crippen molar-refractivity contribution in [2.24, 2.45) is 0 Å². The maximum Gasteiger partial charge on any atom is 0.328 e. The van der Waals surface area contributed by atoms with Crippen molar-refractivity contribution in [3.63, 3.8) is 0 Å². The molecule has 5 heterocycles. The number of imide groups is 1. The van der Waals surface area contributed by atoms with Crippen LogP contribution in [0.25, 0.3) is 0 Å². The van der Waals surface area contributed by atoms with E-state index in [1.54, 1.807) is 6.07 Å². The average molecular weight is 743 g/mol. The molecule has 3 amide bonds. The summed E-state index contributed by atoms with van der Waals surface area (Å²) in [6.07, 6.45) is 0.821. The number of aromatic nitrogens is 2. The van der Waals surface area contributed by atoms with E-state index < -0.39 is 24.5 Å². The molecule has 2 aromatic heterocycles. The van der Waals surface area contributed by atoms with Crippen molar-refractivity contribution in [3.05, 3.63) is 129 Å². The van der Waals surface area contributed by atoms with E-state index in [2.05, 4.69) is 0 Å². The summed E-state index contributed by atoms with van der Waals surface area (Å²) in [6, 6.07) is 23.3. The lowest BCUT2D eigenvalue weighted by atomic mass is 10.0. The van der Waals surface area contributed by atoms with Gasteiger partial charge in [-0.2, -0.15) is 0 Å². The SMILES string of the molecule is Cc1cc(C(=O)CN2C(=O)[C@H](CCc3ccccc3)N(CC(=O)c3cc(C)n(Cc4ccc5c(c4)OCO5)c3C)C2=O)c(C)n1Cc1ccc2c(c1)OCO2. The fourth-order valence-electron chi connectivity index (χ4n) is 7.81.